The third-order valence-electron chi connectivity index (χ3n) is 3.70. The number of halogens is 1. The minimum Gasteiger partial charge on any atom is -0.338 e. The SMILES string of the molecule is CNC[C@H]1CCCN1C(=O)CCc1ccccc1Br. The Kier molecular flexibility index (Phi) is 5.40. The van der Waals surface area contributed by atoms with Gasteiger partial charge in [0.15, 0.2) is 0 Å². The van der Waals surface area contributed by atoms with Gasteiger partial charge in [0.05, 0.1) is 0 Å². The van der Waals surface area contributed by atoms with E-state index in [0.717, 1.165) is 36.8 Å². The summed E-state index contributed by atoms with van der Waals surface area (Å²) in [6, 6.07) is 8.51. The zero-order valence-corrected chi connectivity index (χ0v) is 12.9. The van der Waals surface area contributed by atoms with Crippen molar-refractivity contribution in [2.75, 3.05) is 20.1 Å². The number of likely N-dealkylation sites (tertiary alicyclic amines) is 1. The molecule has 0 saturated carbocycles. The summed E-state index contributed by atoms with van der Waals surface area (Å²) in [6.07, 6.45) is 3.67. The van der Waals surface area contributed by atoms with Gasteiger partial charge in [0, 0.05) is 30.0 Å². The summed E-state index contributed by atoms with van der Waals surface area (Å²) >= 11 is 3.53. The van der Waals surface area contributed by atoms with E-state index in [1.807, 2.05) is 30.1 Å². The van der Waals surface area contributed by atoms with E-state index in [2.05, 4.69) is 27.3 Å². The van der Waals surface area contributed by atoms with Crippen molar-refractivity contribution in [1.29, 1.82) is 0 Å². The predicted octanol–water partition coefficient (Wildman–Crippen LogP) is 2.59. The molecule has 1 fully saturated rings. The van der Waals surface area contributed by atoms with Gasteiger partial charge >= 0.3 is 0 Å². The number of carbonyl (C=O) groups is 1. The Bertz CT molecular complexity index is 436. The molecule has 1 aliphatic rings. The average Bonchev–Trinajstić information content (AvgIpc) is 2.86. The fraction of sp³-hybridized carbons (Fsp3) is 0.533. The number of benzene rings is 1. The minimum absolute atomic E-state index is 0.286. The smallest absolute Gasteiger partial charge is 0.223 e. The van der Waals surface area contributed by atoms with E-state index in [-0.39, 0.29) is 5.91 Å². The Labute approximate surface area is 123 Å². The molecule has 0 bridgehead atoms. The molecule has 1 amide bonds. The lowest BCUT2D eigenvalue weighted by Crippen LogP contribution is -2.40. The van der Waals surface area contributed by atoms with Crippen LogP contribution in [0.4, 0.5) is 0 Å². The molecule has 0 radical (unpaired) electrons. The van der Waals surface area contributed by atoms with Crippen LogP contribution < -0.4 is 5.32 Å². The van der Waals surface area contributed by atoms with E-state index in [4.69, 9.17) is 0 Å². The van der Waals surface area contributed by atoms with Crippen LogP contribution in [-0.2, 0) is 11.2 Å². The number of likely N-dealkylation sites (N-methyl/N-ethyl adjacent to an activating group) is 1. The van der Waals surface area contributed by atoms with Gasteiger partial charge in [-0.2, -0.15) is 0 Å². The Morgan fingerprint density at radius 1 is 1.47 bits per heavy atom. The first-order chi connectivity index (χ1) is 9.22. The fourth-order valence-corrected chi connectivity index (χ4v) is 3.18. The molecule has 1 N–H and O–H groups in total. The number of hydrogen-bond acceptors (Lipinski definition) is 2. The monoisotopic (exact) mass is 324 g/mol. The standard InChI is InChI=1S/C15H21BrN2O/c1-17-11-13-6-4-10-18(13)15(19)9-8-12-5-2-3-7-14(12)16/h2-3,5,7,13,17H,4,6,8-11H2,1H3/t13-/m1/s1. The summed E-state index contributed by atoms with van der Waals surface area (Å²) in [7, 11) is 1.95. The van der Waals surface area contributed by atoms with Gasteiger partial charge in [0.1, 0.15) is 0 Å². The third kappa shape index (κ3) is 3.80. The second kappa shape index (κ2) is 7.06. The Hall–Kier alpha value is -0.870. The molecule has 19 heavy (non-hydrogen) atoms. The Balaban J connectivity index is 1.89. The van der Waals surface area contributed by atoms with Crippen LogP contribution in [0.5, 0.6) is 0 Å². The molecule has 1 heterocycles. The summed E-state index contributed by atoms with van der Waals surface area (Å²) < 4.78 is 1.09. The molecule has 4 heteroatoms. The molecule has 3 nitrogen and oxygen atoms in total. The molecule has 104 valence electrons. The lowest BCUT2D eigenvalue weighted by atomic mass is 10.1. The van der Waals surface area contributed by atoms with Crippen molar-refractivity contribution in [3.05, 3.63) is 34.3 Å². The summed E-state index contributed by atoms with van der Waals surface area (Å²) in [5.74, 6) is 0.286. The molecule has 0 aromatic heterocycles. The number of amides is 1. The molecule has 0 aliphatic carbocycles. The highest BCUT2D eigenvalue weighted by Gasteiger charge is 2.27. The van der Waals surface area contributed by atoms with Gasteiger partial charge < -0.3 is 10.2 Å². The highest BCUT2D eigenvalue weighted by molar-refractivity contribution is 9.10. The highest BCUT2D eigenvalue weighted by Crippen LogP contribution is 2.21. The van der Waals surface area contributed by atoms with Crippen LogP contribution in [0.2, 0.25) is 0 Å². The molecule has 1 aromatic rings. The zero-order valence-electron chi connectivity index (χ0n) is 11.4. The minimum atomic E-state index is 0.286. The molecule has 1 atom stereocenters. The van der Waals surface area contributed by atoms with E-state index in [1.54, 1.807) is 0 Å². The van der Waals surface area contributed by atoms with Gasteiger partial charge in [-0.15, -0.1) is 0 Å². The molecule has 0 unspecified atom stereocenters. The topological polar surface area (TPSA) is 32.3 Å². The molecule has 1 saturated heterocycles. The van der Waals surface area contributed by atoms with Gasteiger partial charge in [0.25, 0.3) is 0 Å². The number of hydrogen-bond donors (Lipinski definition) is 1. The zero-order chi connectivity index (χ0) is 13.7. The molecule has 1 aromatic carbocycles. The average molecular weight is 325 g/mol. The van der Waals surface area contributed by atoms with E-state index >= 15 is 0 Å². The maximum atomic E-state index is 12.3. The van der Waals surface area contributed by atoms with Crippen LogP contribution in [0.15, 0.2) is 28.7 Å². The molecule has 2 rings (SSSR count). The molecule has 0 spiro atoms. The largest absolute Gasteiger partial charge is 0.338 e. The third-order valence-corrected chi connectivity index (χ3v) is 4.48. The van der Waals surface area contributed by atoms with Crippen molar-refractivity contribution in [3.8, 4) is 0 Å². The van der Waals surface area contributed by atoms with Gasteiger partial charge in [0.2, 0.25) is 5.91 Å². The molecule has 1 aliphatic heterocycles. The van der Waals surface area contributed by atoms with Crippen LogP contribution in [-0.4, -0.2) is 37.0 Å². The summed E-state index contributed by atoms with van der Waals surface area (Å²) in [6.45, 7) is 1.82. The molecular weight excluding hydrogens is 304 g/mol. The van der Waals surface area contributed by atoms with Crippen LogP contribution in [0.25, 0.3) is 0 Å². The van der Waals surface area contributed by atoms with Gasteiger partial charge in [-0.25, -0.2) is 0 Å². The Morgan fingerprint density at radius 3 is 3.00 bits per heavy atom. The lowest BCUT2D eigenvalue weighted by Gasteiger charge is -2.24. The number of nitrogens with one attached hydrogen (secondary N) is 1. The quantitative estimate of drug-likeness (QED) is 0.902. The first-order valence-corrected chi connectivity index (χ1v) is 7.69. The van der Waals surface area contributed by atoms with E-state index in [9.17, 15) is 4.79 Å². The maximum Gasteiger partial charge on any atom is 0.223 e. The van der Waals surface area contributed by atoms with Crippen LogP contribution in [0.1, 0.15) is 24.8 Å². The summed E-state index contributed by atoms with van der Waals surface area (Å²) in [5.41, 5.74) is 1.21. The van der Waals surface area contributed by atoms with Crippen molar-refractivity contribution < 1.29 is 4.79 Å². The van der Waals surface area contributed by atoms with Crippen molar-refractivity contribution in [2.45, 2.75) is 31.7 Å². The number of aryl methyl sites for hydroxylation is 1. The van der Waals surface area contributed by atoms with Gasteiger partial charge in [-0.3, -0.25) is 4.79 Å². The molecular formula is C15H21BrN2O. The number of nitrogens with zero attached hydrogens (tertiary/aromatic N) is 1. The second-order valence-corrected chi connectivity index (χ2v) is 5.89. The Morgan fingerprint density at radius 2 is 2.26 bits per heavy atom. The van der Waals surface area contributed by atoms with Crippen molar-refractivity contribution in [2.24, 2.45) is 0 Å². The fourth-order valence-electron chi connectivity index (χ4n) is 2.70. The number of rotatable bonds is 5. The van der Waals surface area contributed by atoms with Crippen molar-refractivity contribution in [3.63, 3.8) is 0 Å². The summed E-state index contributed by atoms with van der Waals surface area (Å²) in [5, 5.41) is 3.18. The van der Waals surface area contributed by atoms with E-state index in [1.165, 1.54) is 5.56 Å². The van der Waals surface area contributed by atoms with E-state index < -0.39 is 0 Å². The second-order valence-electron chi connectivity index (χ2n) is 5.03. The van der Waals surface area contributed by atoms with E-state index in [0.29, 0.717) is 12.5 Å². The van der Waals surface area contributed by atoms with Crippen LogP contribution in [0.3, 0.4) is 0 Å². The van der Waals surface area contributed by atoms with Gasteiger partial charge in [-0.05, 0) is 37.9 Å². The normalized spacial score (nSPS) is 18.8. The highest BCUT2D eigenvalue weighted by atomic mass is 79.9. The first-order valence-electron chi connectivity index (χ1n) is 6.90. The number of carbonyl (C=O) groups excluding carboxylic acids is 1. The first kappa shape index (κ1) is 14.5. The van der Waals surface area contributed by atoms with Gasteiger partial charge in [-0.1, -0.05) is 34.1 Å². The van der Waals surface area contributed by atoms with Crippen LogP contribution in [0, 0.1) is 0 Å². The van der Waals surface area contributed by atoms with Crippen molar-refractivity contribution >= 4 is 21.8 Å². The predicted molar refractivity (Wildman–Crippen MR) is 81.1 cm³/mol. The van der Waals surface area contributed by atoms with Crippen LogP contribution >= 0.6 is 15.9 Å². The van der Waals surface area contributed by atoms with Crippen molar-refractivity contribution in [1.82, 2.24) is 10.2 Å². The maximum absolute atomic E-state index is 12.3. The lowest BCUT2D eigenvalue weighted by molar-refractivity contribution is -0.131. The summed E-state index contributed by atoms with van der Waals surface area (Å²) in [4.78, 5) is 14.3.